The number of nitrogens with zero attached hydrogens (tertiary/aromatic N) is 1. The predicted molar refractivity (Wildman–Crippen MR) is 71.5 cm³/mol. The van der Waals surface area contributed by atoms with Crippen LogP contribution in [0, 0.1) is 0 Å². The molecule has 98 valence electrons. The Balaban J connectivity index is 1.91. The summed E-state index contributed by atoms with van der Waals surface area (Å²) in [7, 11) is 2.18. The van der Waals surface area contributed by atoms with E-state index in [1.54, 1.807) is 0 Å². The predicted octanol–water partition coefficient (Wildman–Crippen LogP) is 2.69. The smallest absolute Gasteiger partial charge is 0.307 e. The molecule has 1 saturated carbocycles. The van der Waals surface area contributed by atoms with Crippen molar-refractivity contribution in [1.29, 1.82) is 0 Å². The molecular formula is C15H21NO2. The lowest BCUT2D eigenvalue weighted by molar-refractivity contribution is -0.136. The summed E-state index contributed by atoms with van der Waals surface area (Å²) in [5.74, 6) is -0.772. The number of carbonyl (C=O) groups is 1. The van der Waals surface area contributed by atoms with Crippen LogP contribution in [-0.4, -0.2) is 29.1 Å². The molecule has 0 aliphatic heterocycles. The normalized spacial score (nSPS) is 16.3. The second-order valence-corrected chi connectivity index (χ2v) is 5.24. The summed E-state index contributed by atoms with van der Waals surface area (Å²) in [5, 5.41) is 8.72. The Morgan fingerprint density at radius 2 is 1.78 bits per heavy atom. The van der Waals surface area contributed by atoms with Gasteiger partial charge in [-0.3, -0.25) is 9.69 Å². The molecule has 2 rings (SSSR count). The maximum absolute atomic E-state index is 10.6. The van der Waals surface area contributed by atoms with E-state index in [4.69, 9.17) is 5.11 Å². The van der Waals surface area contributed by atoms with Crippen molar-refractivity contribution in [2.45, 2.75) is 44.7 Å². The summed E-state index contributed by atoms with van der Waals surface area (Å²) < 4.78 is 0. The highest BCUT2D eigenvalue weighted by Gasteiger charge is 2.19. The standard InChI is InChI=1S/C15H21NO2/c1-16(14-4-2-3-5-14)11-13-8-6-12(7-9-13)10-15(17)18/h6-9,14H,2-5,10-11H2,1H3,(H,17,18). The fraction of sp³-hybridized carbons (Fsp3) is 0.533. The summed E-state index contributed by atoms with van der Waals surface area (Å²) in [6, 6.07) is 8.66. The van der Waals surface area contributed by atoms with Gasteiger partial charge in [-0.25, -0.2) is 0 Å². The first-order chi connectivity index (χ1) is 8.65. The Kier molecular flexibility index (Phi) is 4.37. The fourth-order valence-electron chi connectivity index (χ4n) is 2.70. The first kappa shape index (κ1) is 13.1. The molecule has 0 aromatic heterocycles. The number of carboxylic acid groups (broad SMARTS) is 1. The summed E-state index contributed by atoms with van der Waals surface area (Å²) in [6.07, 6.45) is 5.44. The number of hydrogen-bond acceptors (Lipinski definition) is 2. The second kappa shape index (κ2) is 6.01. The molecule has 0 atom stereocenters. The second-order valence-electron chi connectivity index (χ2n) is 5.24. The average Bonchev–Trinajstić information content (AvgIpc) is 2.84. The van der Waals surface area contributed by atoms with Crippen molar-refractivity contribution in [2.24, 2.45) is 0 Å². The van der Waals surface area contributed by atoms with E-state index in [0.29, 0.717) is 0 Å². The van der Waals surface area contributed by atoms with Gasteiger partial charge in [0.15, 0.2) is 0 Å². The molecule has 1 aromatic carbocycles. The van der Waals surface area contributed by atoms with Crippen LogP contribution in [0.3, 0.4) is 0 Å². The molecule has 0 saturated heterocycles. The minimum atomic E-state index is -0.772. The lowest BCUT2D eigenvalue weighted by atomic mass is 10.1. The summed E-state index contributed by atoms with van der Waals surface area (Å²) in [6.45, 7) is 0.956. The highest BCUT2D eigenvalue weighted by Crippen LogP contribution is 2.23. The first-order valence-corrected chi connectivity index (χ1v) is 6.65. The number of hydrogen-bond donors (Lipinski definition) is 1. The zero-order valence-corrected chi connectivity index (χ0v) is 10.9. The zero-order valence-electron chi connectivity index (χ0n) is 10.9. The van der Waals surface area contributed by atoms with E-state index < -0.39 is 5.97 Å². The van der Waals surface area contributed by atoms with Crippen LogP contribution in [-0.2, 0) is 17.8 Å². The molecular weight excluding hydrogens is 226 g/mol. The quantitative estimate of drug-likeness (QED) is 0.869. The molecule has 0 bridgehead atoms. The van der Waals surface area contributed by atoms with Gasteiger partial charge in [-0.2, -0.15) is 0 Å². The van der Waals surface area contributed by atoms with Crippen molar-refractivity contribution in [3.05, 3.63) is 35.4 Å². The SMILES string of the molecule is CN(Cc1ccc(CC(=O)O)cc1)C1CCCC1. The molecule has 3 heteroatoms. The van der Waals surface area contributed by atoms with E-state index in [1.165, 1.54) is 31.2 Å². The van der Waals surface area contributed by atoms with Gasteiger partial charge in [0.25, 0.3) is 0 Å². The number of benzene rings is 1. The third-order valence-corrected chi connectivity index (χ3v) is 3.76. The zero-order chi connectivity index (χ0) is 13.0. The summed E-state index contributed by atoms with van der Waals surface area (Å²) in [5.41, 5.74) is 2.13. The first-order valence-electron chi connectivity index (χ1n) is 6.65. The third-order valence-electron chi connectivity index (χ3n) is 3.76. The Labute approximate surface area is 108 Å². The van der Waals surface area contributed by atoms with Gasteiger partial charge in [0, 0.05) is 12.6 Å². The molecule has 0 amide bonds. The van der Waals surface area contributed by atoms with Gasteiger partial charge in [-0.1, -0.05) is 37.1 Å². The molecule has 3 nitrogen and oxygen atoms in total. The van der Waals surface area contributed by atoms with E-state index >= 15 is 0 Å². The van der Waals surface area contributed by atoms with Crippen LogP contribution < -0.4 is 0 Å². The van der Waals surface area contributed by atoms with Crippen molar-refractivity contribution in [2.75, 3.05) is 7.05 Å². The lowest BCUT2D eigenvalue weighted by Gasteiger charge is -2.24. The van der Waals surface area contributed by atoms with Crippen molar-refractivity contribution in [3.63, 3.8) is 0 Å². The Bertz CT molecular complexity index is 393. The molecule has 1 aliphatic carbocycles. The maximum Gasteiger partial charge on any atom is 0.307 e. The third kappa shape index (κ3) is 3.57. The Morgan fingerprint density at radius 3 is 2.33 bits per heavy atom. The van der Waals surface area contributed by atoms with Gasteiger partial charge in [0.1, 0.15) is 0 Å². The van der Waals surface area contributed by atoms with Crippen LogP contribution in [0.5, 0.6) is 0 Å². The molecule has 0 spiro atoms. The van der Waals surface area contributed by atoms with Crippen molar-refractivity contribution >= 4 is 5.97 Å². The van der Waals surface area contributed by atoms with Gasteiger partial charge in [0.05, 0.1) is 6.42 Å². The number of aliphatic carboxylic acids is 1. The minimum Gasteiger partial charge on any atom is -0.481 e. The Morgan fingerprint density at radius 1 is 1.22 bits per heavy atom. The van der Waals surface area contributed by atoms with Crippen LogP contribution in [0.25, 0.3) is 0 Å². The van der Waals surface area contributed by atoms with E-state index in [2.05, 4.69) is 11.9 Å². The molecule has 0 unspecified atom stereocenters. The highest BCUT2D eigenvalue weighted by atomic mass is 16.4. The average molecular weight is 247 g/mol. The molecule has 1 N–H and O–H groups in total. The molecule has 1 aliphatic rings. The van der Waals surface area contributed by atoms with Gasteiger partial charge in [-0.15, -0.1) is 0 Å². The molecule has 18 heavy (non-hydrogen) atoms. The maximum atomic E-state index is 10.6. The molecule has 0 heterocycles. The van der Waals surface area contributed by atoms with Crippen molar-refractivity contribution < 1.29 is 9.90 Å². The Hall–Kier alpha value is -1.35. The monoisotopic (exact) mass is 247 g/mol. The number of carboxylic acids is 1. The topological polar surface area (TPSA) is 40.5 Å². The lowest BCUT2D eigenvalue weighted by Crippen LogP contribution is -2.28. The van der Waals surface area contributed by atoms with E-state index in [1.807, 2.05) is 24.3 Å². The van der Waals surface area contributed by atoms with Crippen molar-refractivity contribution in [3.8, 4) is 0 Å². The van der Waals surface area contributed by atoms with Crippen LogP contribution in [0.15, 0.2) is 24.3 Å². The largest absolute Gasteiger partial charge is 0.481 e. The number of rotatable bonds is 5. The fourth-order valence-corrected chi connectivity index (χ4v) is 2.70. The molecule has 1 fully saturated rings. The van der Waals surface area contributed by atoms with Crippen LogP contribution in [0.4, 0.5) is 0 Å². The van der Waals surface area contributed by atoms with Crippen molar-refractivity contribution in [1.82, 2.24) is 4.90 Å². The van der Waals surface area contributed by atoms with E-state index in [0.717, 1.165) is 18.2 Å². The highest BCUT2D eigenvalue weighted by molar-refractivity contribution is 5.70. The van der Waals surface area contributed by atoms with Crippen LogP contribution in [0.1, 0.15) is 36.8 Å². The summed E-state index contributed by atoms with van der Waals surface area (Å²) >= 11 is 0. The molecule has 1 aromatic rings. The molecule has 0 radical (unpaired) electrons. The van der Waals surface area contributed by atoms with Gasteiger partial charge < -0.3 is 5.11 Å². The van der Waals surface area contributed by atoms with E-state index in [9.17, 15) is 4.79 Å². The van der Waals surface area contributed by atoms with Gasteiger partial charge in [-0.05, 0) is 31.0 Å². The minimum absolute atomic E-state index is 0.110. The van der Waals surface area contributed by atoms with Crippen LogP contribution in [0.2, 0.25) is 0 Å². The summed E-state index contributed by atoms with van der Waals surface area (Å²) in [4.78, 5) is 13.0. The van der Waals surface area contributed by atoms with Gasteiger partial charge >= 0.3 is 5.97 Å². The van der Waals surface area contributed by atoms with E-state index in [-0.39, 0.29) is 6.42 Å². The van der Waals surface area contributed by atoms with Crippen LogP contribution >= 0.6 is 0 Å². The van der Waals surface area contributed by atoms with Gasteiger partial charge in [0.2, 0.25) is 0 Å².